The summed E-state index contributed by atoms with van der Waals surface area (Å²) in [5.74, 6) is 0.503. The predicted octanol–water partition coefficient (Wildman–Crippen LogP) is 6.66. The van der Waals surface area contributed by atoms with Crippen LogP contribution in [0.25, 0.3) is 10.9 Å². The van der Waals surface area contributed by atoms with Crippen LogP contribution in [0.3, 0.4) is 0 Å². The van der Waals surface area contributed by atoms with Crippen LogP contribution in [0.1, 0.15) is 77.2 Å². The highest BCUT2D eigenvalue weighted by Gasteiger charge is 2.26. The standard InChI is InChI=1S/C24H38NO2Si/c1-24(2,3)21(12-10-8-6-7-9-11-17-27-28(4)5)20-14-13-19-15-16-23(26)25-22(19)18-20/h13-16,18,21H,6-12,17H2,1-5H3,(H,25,26). The van der Waals surface area contributed by atoms with Crippen LogP contribution < -0.4 is 5.56 Å². The van der Waals surface area contributed by atoms with E-state index >= 15 is 0 Å². The van der Waals surface area contributed by atoms with Crippen LogP contribution >= 0.6 is 0 Å². The first-order valence-electron chi connectivity index (χ1n) is 10.8. The molecule has 155 valence electrons. The van der Waals surface area contributed by atoms with Gasteiger partial charge in [0.25, 0.3) is 0 Å². The Morgan fingerprint density at radius 1 is 0.964 bits per heavy atom. The highest BCUT2D eigenvalue weighted by Crippen LogP contribution is 2.39. The molecule has 0 saturated heterocycles. The number of aromatic nitrogens is 1. The van der Waals surface area contributed by atoms with E-state index in [0.717, 1.165) is 17.5 Å². The minimum atomic E-state index is -0.521. The Kier molecular flexibility index (Phi) is 8.96. The summed E-state index contributed by atoms with van der Waals surface area (Å²) in [4.78, 5) is 14.7. The van der Waals surface area contributed by atoms with E-state index in [1.54, 1.807) is 6.07 Å². The highest BCUT2D eigenvalue weighted by molar-refractivity contribution is 6.48. The third kappa shape index (κ3) is 7.55. The van der Waals surface area contributed by atoms with Crippen LogP contribution in [0.5, 0.6) is 0 Å². The number of hydrogen-bond donors (Lipinski definition) is 1. The fraction of sp³-hybridized carbons (Fsp3) is 0.625. The van der Waals surface area contributed by atoms with Crippen molar-refractivity contribution in [1.82, 2.24) is 4.98 Å². The fourth-order valence-corrected chi connectivity index (χ4v) is 4.47. The summed E-state index contributed by atoms with van der Waals surface area (Å²) >= 11 is 0. The maximum atomic E-state index is 11.7. The van der Waals surface area contributed by atoms with E-state index in [0.29, 0.717) is 5.92 Å². The number of H-pyrrole nitrogens is 1. The highest BCUT2D eigenvalue weighted by atomic mass is 28.3. The van der Waals surface area contributed by atoms with Crippen molar-refractivity contribution in [2.45, 2.75) is 84.7 Å². The largest absolute Gasteiger partial charge is 0.417 e. The minimum Gasteiger partial charge on any atom is -0.417 e. The van der Waals surface area contributed by atoms with Gasteiger partial charge in [0.2, 0.25) is 14.6 Å². The predicted molar refractivity (Wildman–Crippen MR) is 123 cm³/mol. The van der Waals surface area contributed by atoms with E-state index in [9.17, 15) is 4.79 Å². The van der Waals surface area contributed by atoms with Crippen LogP contribution in [0.2, 0.25) is 13.1 Å². The molecule has 1 unspecified atom stereocenters. The zero-order valence-electron chi connectivity index (χ0n) is 18.4. The van der Waals surface area contributed by atoms with Gasteiger partial charge < -0.3 is 9.41 Å². The van der Waals surface area contributed by atoms with E-state index in [2.05, 4.69) is 57.0 Å². The molecule has 0 amide bonds. The maximum Gasteiger partial charge on any atom is 0.248 e. The summed E-state index contributed by atoms with van der Waals surface area (Å²) in [6.07, 6.45) is 8.89. The number of hydrogen-bond acceptors (Lipinski definition) is 2. The molecule has 1 N–H and O–H groups in total. The molecule has 1 aromatic heterocycles. The average molecular weight is 401 g/mol. The first-order chi connectivity index (χ1) is 13.3. The van der Waals surface area contributed by atoms with E-state index in [1.165, 1.54) is 50.5 Å². The molecule has 2 aromatic rings. The molecular weight excluding hydrogens is 362 g/mol. The first-order valence-corrected chi connectivity index (χ1v) is 13.2. The molecule has 0 aliphatic carbocycles. The topological polar surface area (TPSA) is 42.1 Å². The van der Waals surface area contributed by atoms with Gasteiger partial charge in [-0.3, -0.25) is 4.79 Å². The molecule has 0 aliphatic heterocycles. The number of unbranched alkanes of at least 4 members (excludes halogenated alkanes) is 5. The lowest BCUT2D eigenvalue weighted by molar-refractivity contribution is 0.295. The second-order valence-corrected chi connectivity index (χ2v) is 11.4. The number of aromatic amines is 1. The minimum absolute atomic E-state index is 0.0301. The Labute approximate surface area is 172 Å². The zero-order valence-corrected chi connectivity index (χ0v) is 19.4. The third-order valence-electron chi connectivity index (χ3n) is 5.48. The van der Waals surface area contributed by atoms with Gasteiger partial charge in [0.1, 0.15) is 0 Å². The second-order valence-electron chi connectivity index (χ2n) is 9.25. The van der Waals surface area contributed by atoms with Crippen molar-refractivity contribution in [1.29, 1.82) is 0 Å². The average Bonchev–Trinajstić information content (AvgIpc) is 2.61. The van der Waals surface area contributed by atoms with E-state index in [4.69, 9.17) is 4.43 Å². The molecule has 1 aromatic carbocycles. The number of nitrogens with one attached hydrogen (secondary N) is 1. The SMILES string of the molecule is C[Si](C)OCCCCCCCCC(c1ccc2ccc(=O)[nH]c2c1)C(C)(C)C. The Balaban J connectivity index is 1.85. The molecule has 2 rings (SSSR count). The van der Waals surface area contributed by atoms with Crippen LogP contribution in [0.15, 0.2) is 35.1 Å². The number of rotatable bonds is 11. The summed E-state index contributed by atoms with van der Waals surface area (Å²) in [6.45, 7) is 12.3. The molecule has 1 atom stereocenters. The van der Waals surface area contributed by atoms with Crippen molar-refractivity contribution in [3.05, 3.63) is 46.2 Å². The Morgan fingerprint density at radius 3 is 2.29 bits per heavy atom. The van der Waals surface area contributed by atoms with Gasteiger partial charge in [-0.15, -0.1) is 0 Å². The van der Waals surface area contributed by atoms with Crippen LogP contribution in [-0.2, 0) is 4.43 Å². The van der Waals surface area contributed by atoms with Crippen molar-refractivity contribution in [3.8, 4) is 0 Å². The molecule has 3 nitrogen and oxygen atoms in total. The van der Waals surface area contributed by atoms with E-state index in [1.807, 2.05) is 6.07 Å². The molecule has 0 aliphatic rings. The van der Waals surface area contributed by atoms with Crippen molar-refractivity contribution < 1.29 is 4.43 Å². The van der Waals surface area contributed by atoms with Gasteiger partial charge in [-0.1, -0.05) is 65.0 Å². The molecule has 0 bridgehead atoms. The number of benzene rings is 1. The fourth-order valence-electron chi connectivity index (χ4n) is 3.92. The zero-order chi connectivity index (χ0) is 20.6. The van der Waals surface area contributed by atoms with Gasteiger partial charge in [-0.05, 0) is 60.4 Å². The lowest BCUT2D eigenvalue weighted by atomic mass is 9.73. The molecular formula is C24H38NO2Si. The Hall–Kier alpha value is -1.39. The summed E-state index contributed by atoms with van der Waals surface area (Å²) in [5.41, 5.74) is 2.47. The monoisotopic (exact) mass is 400 g/mol. The van der Waals surface area contributed by atoms with Crippen LogP contribution in [-0.4, -0.2) is 20.6 Å². The maximum absolute atomic E-state index is 11.7. The molecule has 1 radical (unpaired) electrons. The third-order valence-corrected chi connectivity index (χ3v) is 6.26. The quantitative estimate of drug-likeness (QED) is 0.338. The summed E-state index contributed by atoms with van der Waals surface area (Å²) in [6, 6.07) is 10.1. The van der Waals surface area contributed by atoms with Crippen molar-refractivity contribution in [2.75, 3.05) is 6.61 Å². The molecule has 28 heavy (non-hydrogen) atoms. The first kappa shape index (κ1) is 22.9. The molecule has 0 spiro atoms. The van der Waals surface area contributed by atoms with Gasteiger partial charge in [0.05, 0.1) is 0 Å². The molecule has 4 heteroatoms. The van der Waals surface area contributed by atoms with Crippen LogP contribution in [0.4, 0.5) is 0 Å². The van der Waals surface area contributed by atoms with E-state index in [-0.39, 0.29) is 11.0 Å². The van der Waals surface area contributed by atoms with Gasteiger partial charge in [0.15, 0.2) is 0 Å². The van der Waals surface area contributed by atoms with Gasteiger partial charge in [0, 0.05) is 18.2 Å². The summed E-state index contributed by atoms with van der Waals surface area (Å²) in [7, 11) is -0.521. The summed E-state index contributed by atoms with van der Waals surface area (Å²) < 4.78 is 5.71. The lowest BCUT2D eigenvalue weighted by Crippen LogP contribution is -2.18. The second kappa shape index (κ2) is 11.0. The van der Waals surface area contributed by atoms with Crippen molar-refractivity contribution >= 4 is 19.9 Å². The van der Waals surface area contributed by atoms with Gasteiger partial charge in [-0.2, -0.15) is 0 Å². The molecule has 0 saturated carbocycles. The normalized spacial score (nSPS) is 13.4. The van der Waals surface area contributed by atoms with Gasteiger partial charge in [-0.25, -0.2) is 0 Å². The number of fused-ring (bicyclic) bond motifs is 1. The number of pyridine rings is 1. The summed E-state index contributed by atoms with van der Waals surface area (Å²) in [5, 5.41) is 1.10. The van der Waals surface area contributed by atoms with Crippen molar-refractivity contribution in [2.24, 2.45) is 5.41 Å². The van der Waals surface area contributed by atoms with Crippen molar-refractivity contribution in [3.63, 3.8) is 0 Å². The Bertz CT molecular complexity index is 776. The van der Waals surface area contributed by atoms with Gasteiger partial charge >= 0.3 is 0 Å². The lowest BCUT2D eigenvalue weighted by Gasteiger charge is -2.31. The van der Waals surface area contributed by atoms with E-state index < -0.39 is 9.04 Å². The molecule has 0 fully saturated rings. The molecule has 1 heterocycles. The van der Waals surface area contributed by atoms with Crippen LogP contribution in [0, 0.1) is 5.41 Å². The smallest absolute Gasteiger partial charge is 0.248 e. The Morgan fingerprint density at radius 2 is 1.61 bits per heavy atom.